The lowest BCUT2D eigenvalue weighted by molar-refractivity contribution is 0.122. The fourth-order valence-corrected chi connectivity index (χ4v) is 2.89. The first-order valence-corrected chi connectivity index (χ1v) is 7.75. The van der Waals surface area contributed by atoms with E-state index < -0.39 is 0 Å². The molecule has 2 aliphatic carbocycles. The second kappa shape index (κ2) is 6.08. The SMILES string of the molecule is CC1CCCC(Oc2ncc(F)cc2CNC2CC2)C1. The van der Waals surface area contributed by atoms with E-state index in [1.54, 1.807) is 6.07 Å². The van der Waals surface area contributed by atoms with Crippen molar-refractivity contribution in [2.45, 2.75) is 64.1 Å². The standard InChI is InChI=1S/C16H23FN2O/c1-11-3-2-4-15(7-11)20-16-12(8-13(17)10-19-16)9-18-14-5-6-14/h8,10-11,14-15,18H,2-7,9H2,1H3. The Hall–Kier alpha value is -1.16. The Kier molecular flexibility index (Phi) is 4.20. The summed E-state index contributed by atoms with van der Waals surface area (Å²) in [4.78, 5) is 4.16. The Morgan fingerprint density at radius 1 is 1.35 bits per heavy atom. The molecule has 0 spiro atoms. The normalized spacial score (nSPS) is 26.5. The zero-order valence-corrected chi connectivity index (χ0v) is 12.1. The predicted molar refractivity (Wildman–Crippen MR) is 76.1 cm³/mol. The summed E-state index contributed by atoms with van der Waals surface area (Å²) in [5.74, 6) is 1.03. The van der Waals surface area contributed by atoms with Crippen molar-refractivity contribution in [3.8, 4) is 5.88 Å². The van der Waals surface area contributed by atoms with E-state index in [2.05, 4.69) is 17.2 Å². The molecule has 3 rings (SSSR count). The maximum absolute atomic E-state index is 13.4. The number of nitrogens with zero attached hydrogens (tertiary/aromatic N) is 1. The highest BCUT2D eigenvalue weighted by atomic mass is 19.1. The predicted octanol–water partition coefficient (Wildman–Crippen LogP) is 3.43. The van der Waals surface area contributed by atoms with E-state index in [4.69, 9.17) is 4.74 Å². The average molecular weight is 278 g/mol. The summed E-state index contributed by atoms with van der Waals surface area (Å²) < 4.78 is 19.4. The van der Waals surface area contributed by atoms with Gasteiger partial charge in [0.1, 0.15) is 11.9 Å². The van der Waals surface area contributed by atoms with Gasteiger partial charge in [-0.25, -0.2) is 9.37 Å². The van der Waals surface area contributed by atoms with E-state index in [0.29, 0.717) is 24.4 Å². The molecule has 2 atom stereocenters. The number of ether oxygens (including phenoxy) is 1. The van der Waals surface area contributed by atoms with Crippen molar-refractivity contribution in [2.75, 3.05) is 0 Å². The van der Waals surface area contributed by atoms with Gasteiger partial charge in [0.15, 0.2) is 0 Å². The molecule has 2 saturated carbocycles. The highest BCUT2D eigenvalue weighted by molar-refractivity contribution is 5.26. The molecule has 0 bridgehead atoms. The van der Waals surface area contributed by atoms with Crippen LogP contribution in [0.1, 0.15) is 51.0 Å². The molecule has 0 radical (unpaired) electrons. The van der Waals surface area contributed by atoms with E-state index in [-0.39, 0.29) is 11.9 Å². The van der Waals surface area contributed by atoms with E-state index in [9.17, 15) is 4.39 Å². The van der Waals surface area contributed by atoms with Crippen molar-refractivity contribution in [3.05, 3.63) is 23.6 Å². The lowest BCUT2D eigenvalue weighted by Gasteiger charge is -2.27. The Bertz CT molecular complexity index is 462. The van der Waals surface area contributed by atoms with Crippen molar-refractivity contribution >= 4 is 0 Å². The van der Waals surface area contributed by atoms with Crippen LogP contribution in [0.5, 0.6) is 5.88 Å². The Morgan fingerprint density at radius 3 is 2.95 bits per heavy atom. The number of rotatable bonds is 5. The second-order valence-corrected chi connectivity index (χ2v) is 6.28. The van der Waals surface area contributed by atoms with Gasteiger partial charge in [-0.15, -0.1) is 0 Å². The fourth-order valence-electron chi connectivity index (χ4n) is 2.89. The van der Waals surface area contributed by atoms with Gasteiger partial charge < -0.3 is 10.1 Å². The fraction of sp³-hybridized carbons (Fsp3) is 0.688. The van der Waals surface area contributed by atoms with Crippen LogP contribution < -0.4 is 10.1 Å². The van der Waals surface area contributed by atoms with Gasteiger partial charge in [-0.05, 0) is 44.1 Å². The molecule has 0 aliphatic heterocycles. The van der Waals surface area contributed by atoms with Crippen LogP contribution in [0.15, 0.2) is 12.3 Å². The van der Waals surface area contributed by atoms with Gasteiger partial charge in [0, 0.05) is 18.2 Å². The van der Waals surface area contributed by atoms with Crippen molar-refractivity contribution < 1.29 is 9.13 Å². The first-order chi connectivity index (χ1) is 9.70. The maximum atomic E-state index is 13.4. The molecular formula is C16H23FN2O. The van der Waals surface area contributed by atoms with Gasteiger partial charge in [-0.3, -0.25) is 0 Å². The summed E-state index contributed by atoms with van der Waals surface area (Å²) in [6.07, 6.45) is 8.58. The largest absolute Gasteiger partial charge is 0.474 e. The second-order valence-electron chi connectivity index (χ2n) is 6.28. The number of pyridine rings is 1. The van der Waals surface area contributed by atoms with Crippen LogP contribution >= 0.6 is 0 Å². The minimum Gasteiger partial charge on any atom is -0.474 e. The van der Waals surface area contributed by atoms with E-state index in [1.165, 1.54) is 31.9 Å². The summed E-state index contributed by atoms with van der Waals surface area (Å²) in [6.45, 7) is 2.91. The van der Waals surface area contributed by atoms with Crippen LogP contribution in [0.4, 0.5) is 4.39 Å². The summed E-state index contributed by atoms with van der Waals surface area (Å²) in [5.41, 5.74) is 0.843. The molecule has 0 saturated heterocycles. The molecule has 0 aromatic carbocycles. The average Bonchev–Trinajstić information content (AvgIpc) is 3.23. The van der Waals surface area contributed by atoms with E-state index in [0.717, 1.165) is 18.4 Å². The number of halogens is 1. The van der Waals surface area contributed by atoms with Crippen molar-refractivity contribution in [3.63, 3.8) is 0 Å². The van der Waals surface area contributed by atoms with Gasteiger partial charge >= 0.3 is 0 Å². The van der Waals surface area contributed by atoms with Crippen LogP contribution in [0.25, 0.3) is 0 Å². The van der Waals surface area contributed by atoms with E-state index >= 15 is 0 Å². The third-order valence-electron chi connectivity index (χ3n) is 4.22. The van der Waals surface area contributed by atoms with Gasteiger partial charge in [0.05, 0.1) is 6.20 Å². The molecule has 1 heterocycles. The zero-order valence-electron chi connectivity index (χ0n) is 12.1. The van der Waals surface area contributed by atoms with Crippen LogP contribution in [0, 0.1) is 11.7 Å². The molecule has 1 aromatic heterocycles. The molecule has 2 fully saturated rings. The molecule has 1 N–H and O–H groups in total. The number of nitrogens with one attached hydrogen (secondary N) is 1. The summed E-state index contributed by atoms with van der Waals surface area (Å²) >= 11 is 0. The number of hydrogen-bond donors (Lipinski definition) is 1. The summed E-state index contributed by atoms with van der Waals surface area (Å²) in [6, 6.07) is 2.14. The third-order valence-corrected chi connectivity index (χ3v) is 4.22. The van der Waals surface area contributed by atoms with Crippen LogP contribution in [-0.2, 0) is 6.54 Å². The summed E-state index contributed by atoms with van der Waals surface area (Å²) in [7, 11) is 0. The van der Waals surface area contributed by atoms with E-state index in [1.807, 2.05) is 0 Å². The molecule has 20 heavy (non-hydrogen) atoms. The minimum absolute atomic E-state index is 0.233. The highest BCUT2D eigenvalue weighted by Gasteiger charge is 2.23. The van der Waals surface area contributed by atoms with Crippen LogP contribution in [0.2, 0.25) is 0 Å². The molecule has 2 unspecified atom stereocenters. The summed E-state index contributed by atoms with van der Waals surface area (Å²) in [5, 5.41) is 3.40. The highest BCUT2D eigenvalue weighted by Crippen LogP contribution is 2.28. The molecule has 3 nitrogen and oxygen atoms in total. The first-order valence-electron chi connectivity index (χ1n) is 7.75. The maximum Gasteiger partial charge on any atom is 0.218 e. The molecule has 110 valence electrons. The van der Waals surface area contributed by atoms with Crippen molar-refractivity contribution in [2.24, 2.45) is 5.92 Å². The Labute approximate surface area is 119 Å². The molecule has 2 aliphatic rings. The topological polar surface area (TPSA) is 34.1 Å². The van der Waals surface area contributed by atoms with Gasteiger partial charge in [-0.2, -0.15) is 0 Å². The lowest BCUT2D eigenvalue weighted by Crippen LogP contribution is -2.25. The number of aromatic nitrogens is 1. The van der Waals surface area contributed by atoms with Gasteiger partial charge in [-0.1, -0.05) is 13.3 Å². The Balaban J connectivity index is 1.66. The smallest absolute Gasteiger partial charge is 0.218 e. The minimum atomic E-state index is -0.290. The first kappa shape index (κ1) is 13.8. The zero-order chi connectivity index (χ0) is 13.9. The Morgan fingerprint density at radius 2 is 2.20 bits per heavy atom. The monoisotopic (exact) mass is 278 g/mol. The van der Waals surface area contributed by atoms with Crippen molar-refractivity contribution in [1.29, 1.82) is 0 Å². The lowest BCUT2D eigenvalue weighted by atomic mass is 9.89. The number of hydrogen-bond acceptors (Lipinski definition) is 3. The molecule has 0 amide bonds. The van der Waals surface area contributed by atoms with Gasteiger partial charge in [0.2, 0.25) is 5.88 Å². The third kappa shape index (κ3) is 3.69. The molecular weight excluding hydrogens is 255 g/mol. The van der Waals surface area contributed by atoms with Crippen molar-refractivity contribution in [1.82, 2.24) is 10.3 Å². The molecule has 1 aromatic rings. The van der Waals surface area contributed by atoms with Crippen LogP contribution in [0.3, 0.4) is 0 Å². The van der Waals surface area contributed by atoms with Crippen LogP contribution in [-0.4, -0.2) is 17.1 Å². The molecule has 4 heteroatoms. The quantitative estimate of drug-likeness (QED) is 0.896. The van der Waals surface area contributed by atoms with Gasteiger partial charge in [0.25, 0.3) is 0 Å².